The van der Waals surface area contributed by atoms with Crippen molar-refractivity contribution in [3.63, 3.8) is 0 Å². The third-order valence-corrected chi connectivity index (χ3v) is 6.10. The molecule has 0 spiro atoms. The predicted molar refractivity (Wildman–Crippen MR) is 129 cm³/mol. The van der Waals surface area contributed by atoms with Crippen molar-refractivity contribution in [1.29, 1.82) is 0 Å². The molecule has 1 saturated heterocycles. The molecule has 0 unspecified atom stereocenters. The summed E-state index contributed by atoms with van der Waals surface area (Å²) in [6, 6.07) is 9.03. The van der Waals surface area contributed by atoms with E-state index in [1.54, 1.807) is 29.2 Å². The first-order valence-electron chi connectivity index (χ1n) is 11.6. The molecule has 0 aromatic heterocycles. The number of carbonyl (C=O) groups is 2. The zero-order chi connectivity index (χ0) is 29.0. The van der Waals surface area contributed by atoms with Crippen molar-refractivity contribution in [2.24, 2.45) is 0 Å². The van der Waals surface area contributed by atoms with Crippen molar-refractivity contribution in [1.82, 2.24) is 15.1 Å². The molecule has 14 heteroatoms. The molecule has 1 fully saturated rings. The number of halogens is 6. The van der Waals surface area contributed by atoms with Gasteiger partial charge in [-0.3, -0.25) is 9.69 Å². The van der Waals surface area contributed by atoms with Gasteiger partial charge in [0.1, 0.15) is 5.76 Å². The largest absolute Gasteiger partial charge is 0.511 e. The molecule has 2 aromatic rings. The Kier molecular flexibility index (Phi) is 8.80. The number of rotatable bonds is 7. The lowest BCUT2D eigenvalue weighted by Gasteiger charge is -2.35. The van der Waals surface area contributed by atoms with Gasteiger partial charge in [0.25, 0.3) is 11.5 Å². The molecule has 1 aliphatic rings. The highest BCUT2D eigenvalue weighted by atomic mass is 19.4. The fourth-order valence-corrected chi connectivity index (χ4v) is 3.94. The van der Waals surface area contributed by atoms with Crippen LogP contribution in [0.25, 0.3) is 0 Å². The van der Waals surface area contributed by atoms with Crippen molar-refractivity contribution >= 4 is 17.6 Å². The molecule has 0 radical (unpaired) electrons. The maximum Gasteiger partial charge on any atom is 0.430 e. The summed E-state index contributed by atoms with van der Waals surface area (Å²) in [6.45, 7) is 4.88. The van der Waals surface area contributed by atoms with E-state index >= 15 is 0 Å². The van der Waals surface area contributed by atoms with E-state index in [0.29, 0.717) is 55.1 Å². The van der Waals surface area contributed by atoms with Crippen LogP contribution in [0.3, 0.4) is 0 Å². The number of amides is 3. The highest BCUT2D eigenvalue weighted by molar-refractivity contribution is 5.95. The maximum absolute atomic E-state index is 13.1. The average molecular weight is 560 g/mol. The first kappa shape index (κ1) is 29.8. The molecule has 8 nitrogen and oxygen atoms in total. The summed E-state index contributed by atoms with van der Waals surface area (Å²) in [5, 5.41) is 23.4. The number of hydrogen-bond acceptors (Lipinski definition) is 5. The highest BCUT2D eigenvalue weighted by Crippen LogP contribution is 2.49. The number of urea groups is 1. The first-order valence-corrected chi connectivity index (χ1v) is 11.6. The van der Waals surface area contributed by atoms with E-state index in [2.05, 4.69) is 17.2 Å². The van der Waals surface area contributed by atoms with Crippen LogP contribution in [0.2, 0.25) is 0 Å². The number of piperazine rings is 1. The number of nitrogens with one attached hydrogen (secondary N) is 2. The van der Waals surface area contributed by atoms with Crippen LogP contribution in [-0.2, 0) is 12.1 Å². The standard InChI is InChI=1S/C25H26F6N4O4/c1-16(36)14-32-22(38)33-20-8-4-18(5-9-20)21(37)35-12-10-34(11-13-35)15-17-2-6-19(7-3-17)23(39,24(26,27)28)25(29,30)31/h2-9,36,39H,1,10-15H2,(H2,32,33,38). The second kappa shape index (κ2) is 11.5. The van der Waals surface area contributed by atoms with Crippen LogP contribution in [0.1, 0.15) is 21.5 Å². The van der Waals surface area contributed by atoms with Gasteiger partial charge in [-0.1, -0.05) is 30.8 Å². The fraction of sp³-hybridized carbons (Fsp3) is 0.360. The first-order chi connectivity index (χ1) is 18.1. The van der Waals surface area contributed by atoms with Gasteiger partial charge in [-0.05, 0) is 29.8 Å². The molecule has 212 valence electrons. The van der Waals surface area contributed by atoms with Crippen LogP contribution in [-0.4, -0.2) is 77.0 Å². The molecule has 2 aromatic carbocycles. The summed E-state index contributed by atoms with van der Waals surface area (Å²) in [5.74, 6) is -0.450. The van der Waals surface area contributed by atoms with Crippen LogP contribution in [0.4, 0.5) is 36.8 Å². The Morgan fingerprint density at radius 1 is 0.872 bits per heavy atom. The zero-order valence-corrected chi connectivity index (χ0v) is 20.4. The monoisotopic (exact) mass is 560 g/mol. The lowest BCUT2D eigenvalue weighted by Crippen LogP contribution is -2.53. The number of anilines is 1. The van der Waals surface area contributed by atoms with E-state index in [4.69, 9.17) is 5.11 Å². The van der Waals surface area contributed by atoms with Crippen molar-refractivity contribution in [3.8, 4) is 0 Å². The topological polar surface area (TPSA) is 105 Å². The number of aliphatic hydroxyl groups excluding tert-OH is 1. The summed E-state index contributed by atoms with van der Waals surface area (Å²) in [6.07, 6.45) is -11.9. The van der Waals surface area contributed by atoms with Crippen LogP contribution in [0, 0.1) is 0 Å². The molecular formula is C25H26F6N4O4. The van der Waals surface area contributed by atoms with Crippen LogP contribution >= 0.6 is 0 Å². The maximum atomic E-state index is 13.1. The molecule has 0 aliphatic carbocycles. The fourth-order valence-electron chi connectivity index (χ4n) is 3.94. The minimum atomic E-state index is -5.95. The second-order valence-corrected chi connectivity index (χ2v) is 8.92. The van der Waals surface area contributed by atoms with Gasteiger partial charge in [-0.15, -0.1) is 0 Å². The minimum Gasteiger partial charge on any atom is -0.511 e. The summed E-state index contributed by atoms with van der Waals surface area (Å²) in [5.41, 5.74) is -5.04. The molecule has 3 rings (SSSR count). The van der Waals surface area contributed by atoms with Crippen LogP contribution in [0.15, 0.2) is 60.9 Å². The molecule has 1 heterocycles. The molecule has 0 atom stereocenters. The Morgan fingerprint density at radius 3 is 1.90 bits per heavy atom. The van der Waals surface area contributed by atoms with Crippen molar-refractivity contribution in [3.05, 3.63) is 77.6 Å². The highest BCUT2D eigenvalue weighted by Gasteiger charge is 2.71. The zero-order valence-electron chi connectivity index (χ0n) is 20.4. The Labute approximate surface area is 219 Å². The second-order valence-electron chi connectivity index (χ2n) is 8.92. The van der Waals surface area contributed by atoms with E-state index in [1.165, 1.54) is 0 Å². The van der Waals surface area contributed by atoms with E-state index in [9.17, 15) is 41.0 Å². The lowest BCUT2D eigenvalue weighted by molar-refractivity contribution is -0.376. The quantitative estimate of drug-likeness (QED) is 0.301. The molecule has 4 N–H and O–H groups in total. The number of carbonyl (C=O) groups excluding carboxylic acids is 2. The summed E-state index contributed by atoms with van der Waals surface area (Å²) >= 11 is 0. The van der Waals surface area contributed by atoms with Gasteiger partial charge in [0.2, 0.25) is 0 Å². The van der Waals surface area contributed by atoms with Crippen molar-refractivity contribution in [2.45, 2.75) is 24.5 Å². The van der Waals surface area contributed by atoms with Gasteiger partial charge in [-0.25, -0.2) is 4.79 Å². The Morgan fingerprint density at radius 2 is 1.41 bits per heavy atom. The average Bonchev–Trinajstić information content (AvgIpc) is 2.86. The molecular weight excluding hydrogens is 534 g/mol. The molecule has 3 amide bonds. The molecule has 39 heavy (non-hydrogen) atoms. The van der Waals surface area contributed by atoms with Gasteiger partial charge in [0, 0.05) is 49.5 Å². The van der Waals surface area contributed by atoms with Gasteiger partial charge in [0.15, 0.2) is 0 Å². The number of hydrogen-bond donors (Lipinski definition) is 4. The van der Waals surface area contributed by atoms with E-state index in [1.807, 2.05) is 4.90 Å². The van der Waals surface area contributed by atoms with Crippen LogP contribution < -0.4 is 10.6 Å². The van der Waals surface area contributed by atoms with E-state index in [0.717, 1.165) is 12.1 Å². The minimum absolute atomic E-state index is 0.112. The summed E-state index contributed by atoms with van der Waals surface area (Å²) in [7, 11) is 0. The van der Waals surface area contributed by atoms with Crippen LogP contribution in [0.5, 0.6) is 0 Å². The van der Waals surface area contributed by atoms with Gasteiger partial charge in [0.05, 0.1) is 6.54 Å². The van der Waals surface area contributed by atoms with Gasteiger partial charge >= 0.3 is 18.4 Å². The molecule has 0 bridgehead atoms. The van der Waals surface area contributed by atoms with Gasteiger partial charge in [-0.2, -0.15) is 26.3 Å². The third kappa shape index (κ3) is 7.00. The number of benzene rings is 2. The lowest BCUT2D eigenvalue weighted by atomic mass is 9.91. The molecule has 0 saturated carbocycles. The van der Waals surface area contributed by atoms with E-state index < -0.39 is 29.5 Å². The number of alkyl halides is 6. The summed E-state index contributed by atoms with van der Waals surface area (Å²) < 4.78 is 78.4. The van der Waals surface area contributed by atoms with Crippen molar-refractivity contribution < 1.29 is 46.1 Å². The summed E-state index contributed by atoms with van der Waals surface area (Å²) in [4.78, 5) is 28.1. The Hall–Kier alpha value is -3.78. The Bertz CT molecular complexity index is 1160. The smallest absolute Gasteiger partial charge is 0.430 e. The number of aliphatic hydroxyl groups is 2. The SMILES string of the molecule is C=C(O)CNC(=O)Nc1ccc(C(=O)N2CCN(Cc3ccc(C(O)(C(F)(F)F)C(F)(F)F)cc3)CC2)cc1. The van der Waals surface area contributed by atoms with E-state index in [-0.39, 0.29) is 24.8 Å². The van der Waals surface area contributed by atoms with Gasteiger partial charge < -0.3 is 25.7 Å². The van der Waals surface area contributed by atoms with Crippen molar-refractivity contribution in [2.75, 3.05) is 38.0 Å². The normalized spacial score (nSPS) is 15.1. The third-order valence-electron chi connectivity index (χ3n) is 6.10. The predicted octanol–water partition coefficient (Wildman–Crippen LogP) is 4.15. The number of nitrogens with zero attached hydrogens (tertiary/aromatic N) is 2. The molecule has 1 aliphatic heterocycles. The Balaban J connectivity index is 1.54.